The number of benzene rings is 1. The Morgan fingerprint density at radius 2 is 2.12 bits per heavy atom. The van der Waals surface area contributed by atoms with Crippen molar-refractivity contribution in [1.29, 1.82) is 0 Å². The Labute approximate surface area is 190 Å². The zero-order valence-corrected chi connectivity index (χ0v) is 18.2. The summed E-state index contributed by atoms with van der Waals surface area (Å²) in [4.78, 5) is 25.2. The molecule has 4 aromatic rings. The molecule has 9 nitrogen and oxygen atoms in total. The predicted octanol–water partition coefficient (Wildman–Crippen LogP) is 3.74. The van der Waals surface area contributed by atoms with Crippen LogP contribution in [0.1, 0.15) is 6.42 Å². The fourth-order valence-electron chi connectivity index (χ4n) is 3.83. The summed E-state index contributed by atoms with van der Waals surface area (Å²) in [7, 11) is 2.86. The molecule has 1 aliphatic rings. The number of amides is 3. The number of carbonyl (C=O) groups excluding carboxylic acids is 2. The minimum atomic E-state index is -1.10. The van der Waals surface area contributed by atoms with Crippen molar-refractivity contribution >= 4 is 51.5 Å². The van der Waals surface area contributed by atoms with Crippen LogP contribution in [-0.4, -0.2) is 52.0 Å². The van der Waals surface area contributed by atoms with Gasteiger partial charge >= 0.3 is 6.03 Å². The number of pyridine rings is 1. The minimum absolute atomic E-state index is 0.0303. The van der Waals surface area contributed by atoms with Crippen LogP contribution in [0.5, 0.6) is 0 Å². The Morgan fingerprint density at radius 1 is 1.36 bits per heavy atom. The molecule has 2 unspecified atom stereocenters. The van der Waals surface area contributed by atoms with E-state index in [1.54, 1.807) is 24.4 Å². The van der Waals surface area contributed by atoms with Gasteiger partial charge in [-0.2, -0.15) is 10.2 Å². The molecule has 0 radical (unpaired) electrons. The van der Waals surface area contributed by atoms with Gasteiger partial charge in [0, 0.05) is 37.3 Å². The molecule has 3 N–H and O–H groups in total. The molecular weight excluding hydrogens is 456 g/mol. The summed E-state index contributed by atoms with van der Waals surface area (Å²) in [6.07, 6.45) is 2.26. The van der Waals surface area contributed by atoms with E-state index in [0.717, 1.165) is 4.90 Å². The number of aromatic nitrogens is 4. The second kappa shape index (κ2) is 7.69. The summed E-state index contributed by atoms with van der Waals surface area (Å²) < 4.78 is 30.0. The second-order valence-corrected chi connectivity index (χ2v) is 8.16. The molecule has 0 bridgehead atoms. The molecule has 3 amide bonds. The molecule has 170 valence electrons. The third-order valence-electron chi connectivity index (χ3n) is 5.67. The molecule has 2 atom stereocenters. The van der Waals surface area contributed by atoms with Crippen LogP contribution in [0.3, 0.4) is 0 Å². The normalized spacial score (nSPS) is 17.4. The van der Waals surface area contributed by atoms with E-state index >= 15 is 4.39 Å². The molecule has 0 saturated heterocycles. The number of carbonyl (C=O) groups is 2. The van der Waals surface area contributed by atoms with Crippen molar-refractivity contribution in [2.45, 2.75) is 12.6 Å². The van der Waals surface area contributed by atoms with E-state index in [1.807, 2.05) is 0 Å². The summed E-state index contributed by atoms with van der Waals surface area (Å²) in [6, 6.07) is 4.53. The number of hydrogen-bond donors (Lipinski definition) is 3. The molecule has 3 aromatic heterocycles. The van der Waals surface area contributed by atoms with E-state index in [4.69, 9.17) is 11.6 Å². The van der Waals surface area contributed by atoms with Gasteiger partial charge in [-0.3, -0.25) is 14.8 Å². The molecular formula is C21H18ClF2N7O2. The lowest BCUT2D eigenvalue weighted by Gasteiger charge is -2.20. The Kier molecular flexibility index (Phi) is 4.93. The van der Waals surface area contributed by atoms with Crippen LogP contribution < -0.4 is 15.5 Å². The number of hydrogen-bond acceptors (Lipinski definition) is 4. The lowest BCUT2D eigenvalue weighted by Crippen LogP contribution is -2.35. The van der Waals surface area contributed by atoms with Gasteiger partial charge in [-0.1, -0.05) is 11.6 Å². The number of halogens is 3. The van der Waals surface area contributed by atoms with Crippen molar-refractivity contribution in [2.24, 2.45) is 5.92 Å². The molecule has 1 fully saturated rings. The van der Waals surface area contributed by atoms with E-state index in [-0.39, 0.29) is 22.9 Å². The number of fused-ring (bicyclic) bond motifs is 2. The van der Waals surface area contributed by atoms with Crippen LogP contribution >= 0.6 is 11.6 Å². The van der Waals surface area contributed by atoms with Crippen molar-refractivity contribution in [1.82, 2.24) is 25.1 Å². The first-order chi connectivity index (χ1) is 15.8. The number of urea groups is 1. The number of rotatable bonds is 4. The zero-order chi connectivity index (χ0) is 23.4. The first-order valence-electron chi connectivity index (χ1n) is 10.0. The molecule has 5 rings (SSSR count). The Morgan fingerprint density at radius 3 is 2.82 bits per heavy atom. The van der Waals surface area contributed by atoms with Crippen LogP contribution in [0.4, 0.5) is 25.1 Å². The molecule has 0 spiro atoms. The standard InChI is InChI=1S/C21H18ClF2N7O2/c1-25-21(33)30(2)19-17(24)16(22)15(12-8-26-28-18(12)19)9-3-4-31-10(5-9)6-14(29-31)27-20(32)11-7-13(11)23/h3-6,8,11,13H,7H2,1-2H3,(H,25,33)(H,26,28)(H,27,29,32). The molecule has 12 heteroatoms. The molecule has 1 aliphatic carbocycles. The van der Waals surface area contributed by atoms with Gasteiger partial charge in [0.2, 0.25) is 5.91 Å². The highest BCUT2D eigenvalue weighted by atomic mass is 35.5. The lowest BCUT2D eigenvalue weighted by atomic mass is 10.0. The second-order valence-electron chi connectivity index (χ2n) is 7.79. The number of alkyl halides is 1. The number of nitrogens with one attached hydrogen (secondary N) is 3. The van der Waals surface area contributed by atoms with Gasteiger partial charge in [-0.25, -0.2) is 18.1 Å². The van der Waals surface area contributed by atoms with Crippen LogP contribution in [0.15, 0.2) is 30.6 Å². The fourth-order valence-corrected chi connectivity index (χ4v) is 4.13. The van der Waals surface area contributed by atoms with Crippen LogP contribution in [-0.2, 0) is 4.79 Å². The van der Waals surface area contributed by atoms with Crippen molar-refractivity contribution in [3.8, 4) is 11.1 Å². The average Bonchev–Trinajstić information content (AvgIpc) is 3.17. The third kappa shape index (κ3) is 3.44. The summed E-state index contributed by atoms with van der Waals surface area (Å²) in [5.41, 5.74) is 1.85. The highest BCUT2D eigenvalue weighted by molar-refractivity contribution is 6.36. The van der Waals surface area contributed by atoms with Gasteiger partial charge in [0.25, 0.3) is 0 Å². The van der Waals surface area contributed by atoms with Gasteiger partial charge in [-0.15, -0.1) is 0 Å². The molecule has 3 heterocycles. The summed E-state index contributed by atoms with van der Waals surface area (Å²) in [6.45, 7) is 0. The van der Waals surface area contributed by atoms with Gasteiger partial charge in [-0.05, 0) is 24.1 Å². The topological polar surface area (TPSA) is 107 Å². The Bertz CT molecular complexity index is 1430. The zero-order valence-electron chi connectivity index (χ0n) is 17.5. The Balaban J connectivity index is 1.58. The summed E-state index contributed by atoms with van der Waals surface area (Å²) >= 11 is 6.45. The number of anilines is 2. The molecule has 1 saturated carbocycles. The van der Waals surface area contributed by atoms with Gasteiger partial charge in [0.1, 0.15) is 11.9 Å². The van der Waals surface area contributed by atoms with Crippen LogP contribution in [0.25, 0.3) is 27.5 Å². The highest BCUT2D eigenvalue weighted by Gasteiger charge is 2.43. The van der Waals surface area contributed by atoms with E-state index in [2.05, 4.69) is 25.9 Å². The van der Waals surface area contributed by atoms with Gasteiger partial charge < -0.3 is 10.6 Å². The number of aromatic amines is 1. The monoisotopic (exact) mass is 473 g/mol. The quantitative estimate of drug-likeness (QED) is 0.419. The maximum atomic E-state index is 15.4. The third-order valence-corrected chi connectivity index (χ3v) is 6.03. The molecule has 1 aromatic carbocycles. The first-order valence-corrected chi connectivity index (χ1v) is 10.4. The predicted molar refractivity (Wildman–Crippen MR) is 120 cm³/mol. The highest BCUT2D eigenvalue weighted by Crippen LogP contribution is 2.42. The van der Waals surface area contributed by atoms with Crippen LogP contribution in [0.2, 0.25) is 5.02 Å². The Hall–Kier alpha value is -3.73. The molecule has 0 aliphatic heterocycles. The SMILES string of the molecule is CNC(=O)N(C)c1c(F)c(Cl)c(-c2ccn3nc(NC(=O)C4CC4F)cc3c2)c2cn[nH]c12. The average molecular weight is 474 g/mol. The van der Waals surface area contributed by atoms with Gasteiger partial charge in [0.05, 0.1) is 28.2 Å². The molecule has 33 heavy (non-hydrogen) atoms. The largest absolute Gasteiger partial charge is 0.341 e. The number of H-pyrrole nitrogens is 1. The van der Waals surface area contributed by atoms with E-state index in [1.165, 1.54) is 24.8 Å². The fraction of sp³-hybridized carbons (Fsp3) is 0.238. The number of nitrogens with zero attached hydrogens (tertiary/aromatic N) is 4. The minimum Gasteiger partial charge on any atom is -0.341 e. The maximum Gasteiger partial charge on any atom is 0.321 e. The summed E-state index contributed by atoms with van der Waals surface area (Å²) in [5, 5.41) is 16.4. The van der Waals surface area contributed by atoms with Crippen LogP contribution in [0, 0.1) is 11.7 Å². The first kappa shape index (κ1) is 21.1. The van der Waals surface area contributed by atoms with Crippen molar-refractivity contribution in [3.05, 3.63) is 41.4 Å². The van der Waals surface area contributed by atoms with E-state index in [0.29, 0.717) is 27.5 Å². The maximum absolute atomic E-state index is 15.4. The van der Waals surface area contributed by atoms with Crippen molar-refractivity contribution in [3.63, 3.8) is 0 Å². The van der Waals surface area contributed by atoms with Crippen molar-refractivity contribution < 1.29 is 18.4 Å². The lowest BCUT2D eigenvalue weighted by molar-refractivity contribution is -0.117. The van der Waals surface area contributed by atoms with E-state index in [9.17, 15) is 14.0 Å². The van der Waals surface area contributed by atoms with Gasteiger partial charge in [0.15, 0.2) is 11.6 Å². The van der Waals surface area contributed by atoms with E-state index < -0.39 is 29.8 Å². The summed E-state index contributed by atoms with van der Waals surface area (Å²) in [5.74, 6) is -1.54. The van der Waals surface area contributed by atoms with Crippen molar-refractivity contribution in [2.75, 3.05) is 24.3 Å². The smallest absolute Gasteiger partial charge is 0.321 e.